The van der Waals surface area contributed by atoms with Crippen molar-refractivity contribution in [2.75, 3.05) is 18.0 Å². The van der Waals surface area contributed by atoms with Crippen LogP contribution in [0.15, 0.2) is 30.3 Å². The maximum absolute atomic E-state index is 6.06. The van der Waals surface area contributed by atoms with Crippen molar-refractivity contribution in [1.29, 1.82) is 0 Å². The van der Waals surface area contributed by atoms with Crippen molar-refractivity contribution in [3.05, 3.63) is 46.3 Å². The lowest BCUT2D eigenvalue weighted by atomic mass is 9.90. The number of rotatable bonds is 3. The number of hydrogen-bond acceptors (Lipinski definition) is 4. The molecule has 21 heavy (non-hydrogen) atoms. The van der Waals surface area contributed by atoms with Crippen LogP contribution >= 0.6 is 23.2 Å². The summed E-state index contributed by atoms with van der Waals surface area (Å²) in [6.07, 6.45) is 3.37. The lowest BCUT2D eigenvalue weighted by Gasteiger charge is -2.32. The van der Waals surface area contributed by atoms with Gasteiger partial charge in [-0.15, -0.1) is 10.2 Å². The van der Waals surface area contributed by atoms with Crippen LogP contribution < -0.4 is 4.90 Å². The highest BCUT2D eigenvalue weighted by atomic mass is 35.5. The molecular formula is C15H16Cl2N4. The molecule has 0 unspecified atom stereocenters. The van der Waals surface area contributed by atoms with Crippen LogP contribution in [-0.4, -0.2) is 28.3 Å². The molecule has 1 aliphatic heterocycles. The van der Waals surface area contributed by atoms with Crippen molar-refractivity contribution in [3.63, 3.8) is 0 Å². The maximum atomic E-state index is 6.06. The van der Waals surface area contributed by atoms with E-state index in [9.17, 15) is 0 Å². The van der Waals surface area contributed by atoms with Gasteiger partial charge in [0.2, 0.25) is 5.28 Å². The molecule has 0 saturated carbocycles. The van der Waals surface area contributed by atoms with E-state index in [1.807, 2.05) is 0 Å². The number of benzene rings is 1. The lowest BCUT2D eigenvalue weighted by molar-refractivity contribution is 0.402. The predicted molar refractivity (Wildman–Crippen MR) is 84.9 cm³/mol. The van der Waals surface area contributed by atoms with Crippen LogP contribution in [0.2, 0.25) is 10.4 Å². The van der Waals surface area contributed by atoms with Crippen molar-refractivity contribution < 1.29 is 0 Å². The fourth-order valence-electron chi connectivity index (χ4n) is 2.78. The quantitative estimate of drug-likeness (QED) is 0.865. The second kappa shape index (κ2) is 6.58. The topological polar surface area (TPSA) is 41.9 Å². The second-order valence-electron chi connectivity index (χ2n) is 5.32. The van der Waals surface area contributed by atoms with E-state index in [1.54, 1.807) is 0 Å². The predicted octanol–water partition coefficient (Wildman–Crippen LogP) is 3.64. The molecule has 2 heterocycles. The van der Waals surface area contributed by atoms with Gasteiger partial charge >= 0.3 is 0 Å². The summed E-state index contributed by atoms with van der Waals surface area (Å²) in [4.78, 5) is 6.33. The molecule has 0 radical (unpaired) electrons. The Morgan fingerprint density at radius 3 is 2.48 bits per heavy atom. The van der Waals surface area contributed by atoms with Gasteiger partial charge in [-0.2, -0.15) is 4.98 Å². The molecule has 6 heteroatoms. The molecule has 4 nitrogen and oxygen atoms in total. The van der Waals surface area contributed by atoms with Gasteiger partial charge in [-0.05, 0) is 42.3 Å². The first-order valence-corrected chi connectivity index (χ1v) is 7.82. The summed E-state index contributed by atoms with van der Waals surface area (Å²) in [5.74, 6) is 1.35. The molecule has 0 bridgehead atoms. The van der Waals surface area contributed by atoms with Crippen molar-refractivity contribution in [1.82, 2.24) is 15.2 Å². The standard InChI is InChI=1S/C15H16Cl2N4/c16-13-14(18-15(17)20-19-13)21-8-6-12(7-9-21)10-11-4-2-1-3-5-11/h1-5,12H,6-10H2. The first kappa shape index (κ1) is 14.5. The highest BCUT2D eigenvalue weighted by Crippen LogP contribution is 2.28. The fourth-order valence-corrected chi connectivity index (χ4v) is 3.10. The smallest absolute Gasteiger partial charge is 0.245 e. The second-order valence-corrected chi connectivity index (χ2v) is 6.01. The van der Waals surface area contributed by atoms with Gasteiger partial charge in [-0.3, -0.25) is 0 Å². The molecule has 1 aromatic heterocycles. The number of piperidine rings is 1. The van der Waals surface area contributed by atoms with Gasteiger partial charge in [0.25, 0.3) is 0 Å². The van der Waals surface area contributed by atoms with E-state index in [0.717, 1.165) is 32.4 Å². The molecule has 0 amide bonds. The Morgan fingerprint density at radius 2 is 1.76 bits per heavy atom. The van der Waals surface area contributed by atoms with E-state index in [2.05, 4.69) is 50.4 Å². The molecule has 0 aliphatic carbocycles. The van der Waals surface area contributed by atoms with E-state index in [-0.39, 0.29) is 5.28 Å². The van der Waals surface area contributed by atoms with E-state index >= 15 is 0 Å². The molecule has 1 saturated heterocycles. The van der Waals surface area contributed by atoms with Crippen LogP contribution in [0.1, 0.15) is 18.4 Å². The summed E-state index contributed by atoms with van der Waals surface area (Å²) in [5, 5.41) is 7.93. The van der Waals surface area contributed by atoms with Gasteiger partial charge in [0.05, 0.1) is 0 Å². The maximum Gasteiger partial charge on any atom is 0.245 e. The average molecular weight is 323 g/mol. The molecule has 0 spiro atoms. The molecular weight excluding hydrogens is 307 g/mol. The van der Waals surface area contributed by atoms with E-state index in [1.165, 1.54) is 5.56 Å². The number of halogens is 2. The van der Waals surface area contributed by atoms with Crippen LogP contribution in [0.5, 0.6) is 0 Å². The minimum Gasteiger partial charge on any atom is -0.354 e. The van der Waals surface area contributed by atoms with Gasteiger partial charge in [-0.25, -0.2) is 0 Å². The third kappa shape index (κ3) is 3.63. The summed E-state index contributed by atoms with van der Waals surface area (Å²) < 4.78 is 0. The number of hydrogen-bond donors (Lipinski definition) is 0. The molecule has 2 aromatic rings. The molecule has 1 aliphatic rings. The first-order valence-electron chi connectivity index (χ1n) is 7.07. The monoisotopic (exact) mass is 322 g/mol. The van der Waals surface area contributed by atoms with E-state index in [4.69, 9.17) is 23.2 Å². The van der Waals surface area contributed by atoms with E-state index < -0.39 is 0 Å². The lowest BCUT2D eigenvalue weighted by Crippen LogP contribution is -2.35. The summed E-state index contributed by atoms with van der Waals surface area (Å²) in [6, 6.07) is 10.6. The van der Waals surface area contributed by atoms with Gasteiger partial charge in [-0.1, -0.05) is 41.9 Å². The van der Waals surface area contributed by atoms with Gasteiger partial charge in [0, 0.05) is 13.1 Å². The number of aromatic nitrogens is 3. The molecule has 3 rings (SSSR count). The van der Waals surface area contributed by atoms with Gasteiger partial charge < -0.3 is 4.90 Å². The Hall–Kier alpha value is -1.39. The van der Waals surface area contributed by atoms with Crippen molar-refractivity contribution in [3.8, 4) is 0 Å². The third-order valence-corrected chi connectivity index (χ3v) is 4.29. The van der Waals surface area contributed by atoms with E-state index in [0.29, 0.717) is 16.9 Å². The third-order valence-electron chi connectivity index (χ3n) is 3.88. The van der Waals surface area contributed by atoms with Gasteiger partial charge in [0.1, 0.15) is 0 Å². The Balaban J connectivity index is 1.61. The Morgan fingerprint density at radius 1 is 1.05 bits per heavy atom. The first-order chi connectivity index (χ1) is 10.2. The van der Waals surface area contributed by atoms with Crippen LogP contribution in [-0.2, 0) is 6.42 Å². The highest BCUT2D eigenvalue weighted by molar-refractivity contribution is 6.32. The largest absolute Gasteiger partial charge is 0.354 e. The summed E-state index contributed by atoms with van der Waals surface area (Å²) >= 11 is 11.9. The van der Waals surface area contributed by atoms with Gasteiger partial charge in [0.15, 0.2) is 11.0 Å². The summed E-state index contributed by atoms with van der Waals surface area (Å²) in [6.45, 7) is 1.85. The minimum atomic E-state index is 0.140. The zero-order valence-corrected chi connectivity index (χ0v) is 13.1. The molecule has 1 fully saturated rings. The van der Waals surface area contributed by atoms with Crippen molar-refractivity contribution >= 4 is 29.0 Å². The molecule has 1 aromatic carbocycles. The summed E-state index contributed by atoms with van der Waals surface area (Å²) in [5.41, 5.74) is 1.40. The Bertz CT molecular complexity index is 598. The molecule has 110 valence electrons. The Labute approximate surface area is 134 Å². The normalized spacial score (nSPS) is 16.2. The SMILES string of the molecule is Clc1nnc(Cl)c(N2CCC(Cc3ccccc3)CC2)n1. The minimum absolute atomic E-state index is 0.140. The zero-order chi connectivity index (χ0) is 14.7. The number of nitrogens with zero attached hydrogens (tertiary/aromatic N) is 4. The Kier molecular flexibility index (Phi) is 4.56. The molecule has 0 atom stereocenters. The van der Waals surface area contributed by atoms with Crippen LogP contribution in [0.25, 0.3) is 0 Å². The summed E-state index contributed by atoms with van der Waals surface area (Å²) in [7, 11) is 0. The highest BCUT2D eigenvalue weighted by Gasteiger charge is 2.23. The average Bonchev–Trinajstić information content (AvgIpc) is 2.52. The van der Waals surface area contributed by atoms with Crippen molar-refractivity contribution in [2.24, 2.45) is 5.92 Å². The van der Waals surface area contributed by atoms with Crippen LogP contribution in [0.4, 0.5) is 5.82 Å². The fraction of sp³-hybridized carbons (Fsp3) is 0.400. The van der Waals surface area contributed by atoms with Crippen molar-refractivity contribution in [2.45, 2.75) is 19.3 Å². The number of anilines is 1. The zero-order valence-electron chi connectivity index (χ0n) is 11.5. The van der Waals surface area contributed by atoms with Crippen LogP contribution in [0.3, 0.4) is 0 Å². The van der Waals surface area contributed by atoms with Crippen LogP contribution in [0, 0.1) is 5.92 Å². The molecule has 0 N–H and O–H groups in total.